The van der Waals surface area contributed by atoms with E-state index in [9.17, 15) is 0 Å². The maximum atomic E-state index is 5.65. The van der Waals surface area contributed by atoms with Crippen LogP contribution in [0.15, 0.2) is 12.1 Å². The molecule has 2 rings (SSSR count). The molecule has 88 valence electrons. The molecule has 0 amide bonds. The van der Waals surface area contributed by atoms with Gasteiger partial charge in [-0.05, 0) is 31.4 Å². The molecule has 0 spiro atoms. The third-order valence-corrected chi connectivity index (χ3v) is 3.63. The number of aromatic nitrogens is 1. The quantitative estimate of drug-likeness (QED) is 0.847. The maximum absolute atomic E-state index is 5.65. The van der Waals surface area contributed by atoms with Crippen LogP contribution in [0.1, 0.15) is 36.9 Å². The van der Waals surface area contributed by atoms with Gasteiger partial charge in [-0.15, -0.1) is 0 Å². The summed E-state index contributed by atoms with van der Waals surface area (Å²) in [5.41, 5.74) is 7.85. The molecule has 0 aromatic carbocycles. The summed E-state index contributed by atoms with van der Waals surface area (Å²) in [6.45, 7) is 2.61. The Hall–Kier alpha value is -1.09. The van der Waals surface area contributed by atoms with Gasteiger partial charge >= 0.3 is 0 Å². The SMILES string of the molecule is Cc1nc(N(C)C2CCCC2)ccc1CN. The normalized spacial score (nSPS) is 16.7. The molecule has 0 bridgehead atoms. The van der Waals surface area contributed by atoms with E-state index in [2.05, 4.69) is 29.1 Å². The molecule has 0 radical (unpaired) electrons. The van der Waals surface area contributed by atoms with E-state index in [-0.39, 0.29) is 0 Å². The van der Waals surface area contributed by atoms with Gasteiger partial charge in [0.15, 0.2) is 0 Å². The lowest BCUT2D eigenvalue weighted by molar-refractivity contribution is 0.645. The van der Waals surface area contributed by atoms with E-state index < -0.39 is 0 Å². The fraction of sp³-hybridized carbons (Fsp3) is 0.615. The highest BCUT2D eigenvalue weighted by Crippen LogP contribution is 2.26. The Morgan fingerprint density at radius 2 is 2.06 bits per heavy atom. The van der Waals surface area contributed by atoms with Crippen molar-refractivity contribution in [1.82, 2.24) is 4.98 Å². The number of pyridine rings is 1. The number of nitrogens with two attached hydrogens (primary N) is 1. The summed E-state index contributed by atoms with van der Waals surface area (Å²) in [6.07, 6.45) is 5.31. The molecule has 16 heavy (non-hydrogen) atoms. The number of hydrogen-bond donors (Lipinski definition) is 1. The monoisotopic (exact) mass is 219 g/mol. The standard InChI is InChI=1S/C13H21N3/c1-10-11(9-14)7-8-13(15-10)16(2)12-5-3-4-6-12/h7-8,12H,3-6,9,14H2,1-2H3. The van der Waals surface area contributed by atoms with Crippen LogP contribution in [0, 0.1) is 6.92 Å². The van der Waals surface area contributed by atoms with Crippen molar-refractivity contribution in [3.8, 4) is 0 Å². The van der Waals surface area contributed by atoms with Gasteiger partial charge in [0.2, 0.25) is 0 Å². The number of nitrogens with zero attached hydrogens (tertiary/aromatic N) is 2. The van der Waals surface area contributed by atoms with E-state index in [4.69, 9.17) is 5.73 Å². The second-order valence-corrected chi connectivity index (χ2v) is 4.67. The Balaban J connectivity index is 2.16. The maximum Gasteiger partial charge on any atom is 0.128 e. The molecule has 3 heteroatoms. The second kappa shape index (κ2) is 4.83. The Morgan fingerprint density at radius 3 is 2.62 bits per heavy atom. The first-order chi connectivity index (χ1) is 7.72. The zero-order chi connectivity index (χ0) is 11.5. The topological polar surface area (TPSA) is 42.2 Å². The van der Waals surface area contributed by atoms with Gasteiger partial charge in [-0.3, -0.25) is 0 Å². The van der Waals surface area contributed by atoms with E-state index in [1.165, 1.54) is 25.7 Å². The fourth-order valence-corrected chi connectivity index (χ4v) is 2.47. The van der Waals surface area contributed by atoms with Gasteiger partial charge in [0.05, 0.1) is 0 Å². The molecule has 2 N–H and O–H groups in total. The van der Waals surface area contributed by atoms with Crippen LogP contribution in [-0.4, -0.2) is 18.1 Å². The molecule has 0 aliphatic heterocycles. The lowest BCUT2D eigenvalue weighted by Gasteiger charge is -2.26. The largest absolute Gasteiger partial charge is 0.357 e. The summed E-state index contributed by atoms with van der Waals surface area (Å²) >= 11 is 0. The number of rotatable bonds is 3. The smallest absolute Gasteiger partial charge is 0.128 e. The number of hydrogen-bond acceptors (Lipinski definition) is 3. The third-order valence-electron chi connectivity index (χ3n) is 3.63. The van der Waals surface area contributed by atoms with Crippen molar-refractivity contribution in [3.63, 3.8) is 0 Å². The molecule has 3 nitrogen and oxygen atoms in total. The first-order valence-corrected chi connectivity index (χ1v) is 6.12. The molecular formula is C13H21N3. The van der Waals surface area contributed by atoms with E-state index in [0.717, 1.165) is 17.1 Å². The molecule has 1 saturated carbocycles. The number of aryl methyl sites for hydroxylation is 1. The third kappa shape index (κ3) is 2.19. The van der Waals surface area contributed by atoms with Gasteiger partial charge in [0.1, 0.15) is 5.82 Å². The zero-order valence-electron chi connectivity index (χ0n) is 10.2. The fourth-order valence-electron chi connectivity index (χ4n) is 2.47. The highest BCUT2D eigenvalue weighted by atomic mass is 15.2. The highest BCUT2D eigenvalue weighted by molar-refractivity contribution is 5.42. The van der Waals surface area contributed by atoms with Gasteiger partial charge < -0.3 is 10.6 Å². The molecule has 1 aromatic rings. The van der Waals surface area contributed by atoms with Crippen LogP contribution >= 0.6 is 0 Å². The van der Waals surface area contributed by atoms with Crippen molar-refractivity contribution in [2.45, 2.75) is 45.2 Å². The minimum Gasteiger partial charge on any atom is -0.357 e. The van der Waals surface area contributed by atoms with E-state index in [0.29, 0.717) is 12.6 Å². The van der Waals surface area contributed by atoms with Gasteiger partial charge in [-0.1, -0.05) is 18.9 Å². The Labute approximate surface area is 97.7 Å². The average Bonchev–Trinajstić information content (AvgIpc) is 2.81. The highest BCUT2D eigenvalue weighted by Gasteiger charge is 2.20. The van der Waals surface area contributed by atoms with Crippen molar-refractivity contribution >= 4 is 5.82 Å². The van der Waals surface area contributed by atoms with Crippen LogP contribution in [0.3, 0.4) is 0 Å². The van der Waals surface area contributed by atoms with Gasteiger partial charge in [-0.2, -0.15) is 0 Å². The predicted octanol–water partition coefficient (Wildman–Crippen LogP) is 2.23. The second-order valence-electron chi connectivity index (χ2n) is 4.67. The molecule has 0 unspecified atom stereocenters. The number of anilines is 1. The van der Waals surface area contributed by atoms with Crippen molar-refractivity contribution < 1.29 is 0 Å². The van der Waals surface area contributed by atoms with Crippen LogP contribution in [0.5, 0.6) is 0 Å². The first-order valence-electron chi connectivity index (χ1n) is 6.12. The summed E-state index contributed by atoms with van der Waals surface area (Å²) in [6, 6.07) is 4.87. The molecule has 0 atom stereocenters. The summed E-state index contributed by atoms with van der Waals surface area (Å²) in [5.74, 6) is 1.08. The zero-order valence-corrected chi connectivity index (χ0v) is 10.2. The van der Waals surface area contributed by atoms with Gasteiger partial charge in [0.25, 0.3) is 0 Å². The van der Waals surface area contributed by atoms with Crippen LogP contribution in [0.2, 0.25) is 0 Å². The lowest BCUT2D eigenvalue weighted by atomic mass is 10.2. The Bertz CT molecular complexity index is 356. The van der Waals surface area contributed by atoms with Crippen molar-refractivity contribution in [2.24, 2.45) is 5.73 Å². The summed E-state index contributed by atoms with van der Waals surface area (Å²) < 4.78 is 0. The van der Waals surface area contributed by atoms with E-state index in [1.54, 1.807) is 0 Å². The molecule has 1 fully saturated rings. The van der Waals surface area contributed by atoms with Gasteiger partial charge in [-0.25, -0.2) is 4.98 Å². The predicted molar refractivity (Wildman–Crippen MR) is 67.5 cm³/mol. The summed E-state index contributed by atoms with van der Waals surface area (Å²) in [4.78, 5) is 6.95. The molecular weight excluding hydrogens is 198 g/mol. The molecule has 1 aromatic heterocycles. The van der Waals surface area contributed by atoms with Crippen molar-refractivity contribution in [3.05, 3.63) is 23.4 Å². The van der Waals surface area contributed by atoms with Crippen LogP contribution in [0.25, 0.3) is 0 Å². The molecule has 1 heterocycles. The average molecular weight is 219 g/mol. The van der Waals surface area contributed by atoms with Crippen molar-refractivity contribution in [2.75, 3.05) is 11.9 Å². The minimum atomic E-state index is 0.576. The van der Waals surface area contributed by atoms with Gasteiger partial charge in [0, 0.05) is 25.3 Å². The van der Waals surface area contributed by atoms with Crippen LogP contribution in [-0.2, 0) is 6.54 Å². The molecule has 1 aliphatic rings. The Kier molecular flexibility index (Phi) is 3.44. The first kappa shape index (κ1) is 11.4. The van der Waals surface area contributed by atoms with E-state index >= 15 is 0 Å². The van der Waals surface area contributed by atoms with Crippen molar-refractivity contribution in [1.29, 1.82) is 0 Å². The lowest BCUT2D eigenvalue weighted by Crippen LogP contribution is -2.29. The van der Waals surface area contributed by atoms with Crippen LogP contribution < -0.4 is 10.6 Å². The van der Waals surface area contributed by atoms with Crippen LogP contribution in [0.4, 0.5) is 5.82 Å². The summed E-state index contributed by atoms with van der Waals surface area (Å²) in [7, 11) is 2.15. The molecule has 0 saturated heterocycles. The minimum absolute atomic E-state index is 0.576. The van der Waals surface area contributed by atoms with E-state index in [1.807, 2.05) is 6.92 Å². The Morgan fingerprint density at radius 1 is 1.38 bits per heavy atom. The molecule has 1 aliphatic carbocycles. The summed E-state index contributed by atoms with van der Waals surface area (Å²) in [5, 5.41) is 0.